The van der Waals surface area contributed by atoms with Crippen LogP contribution in [0.25, 0.3) is 0 Å². The van der Waals surface area contributed by atoms with Crippen molar-refractivity contribution in [3.8, 4) is 0 Å². The molecule has 1 aromatic rings. The Balaban J connectivity index is 1.62. The van der Waals surface area contributed by atoms with Crippen LogP contribution in [0.2, 0.25) is 0 Å². The van der Waals surface area contributed by atoms with Gasteiger partial charge in [0, 0.05) is 38.3 Å². The fourth-order valence-corrected chi connectivity index (χ4v) is 4.63. The molecular formula is C20H29N3O3S. The van der Waals surface area contributed by atoms with E-state index in [-0.39, 0.29) is 10.8 Å². The zero-order valence-electron chi connectivity index (χ0n) is 16.0. The van der Waals surface area contributed by atoms with Gasteiger partial charge in [-0.1, -0.05) is 17.7 Å². The first kappa shape index (κ1) is 20.0. The molecule has 1 heterocycles. The van der Waals surface area contributed by atoms with Crippen molar-refractivity contribution in [1.29, 1.82) is 0 Å². The van der Waals surface area contributed by atoms with Crippen LogP contribution in [0.3, 0.4) is 0 Å². The number of hydrogen-bond acceptors (Lipinski definition) is 4. The van der Waals surface area contributed by atoms with Crippen molar-refractivity contribution in [3.05, 3.63) is 41.5 Å². The van der Waals surface area contributed by atoms with Gasteiger partial charge in [0.25, 0.3) is 5.91 Å². The van der Waals surface area contributed by atoms with E-state index >= 15 is 0 Å². The summed E-state index contributed by atoms with van der Waals surface area (Å²) in [5.74, 6) is -0.104. The number of carbonyl (C=O) groups excluding carboxylic acids is 1. The van der Waals surface area contributed by atoms with E-state index in [9.17, 15) is 13.2 Å². The van der Waals surface area contributed by atoms with E-state index in [0.717, 1.165) is 32.4 Å². The molecule has 1 aliphatic heterocycles. The normalized spacial score (nSPS) is 19.0. The van der Waals surface area contributed by atoms with Crippen LogP contribution in [0.4, 0.5) is 0 Å². The summed E-state index contributed by atoms with van der Waals surface area (Å²) in [5, 5.41) is 0. The molecule has 0 atom stereocenters. The van der Waals surface area contributed by atoms with Gasteiger partial charge in [-0.25, -0.2) is 13.1 Å². The Hall–Kier alpha value is -1.70. The van der Waals surface area contributed by atoms with Crippen molar-refractivity contribution in [3.63, 3.8) is 0 Å². The highest BCUT2D eigenvalue weighted by Gasteiger charge is 2.22. The summed E-state index contributed by atoms with van der Waals surface area (Å²) in [6.07, 6.45) is 7.56. The number of carbonyl (C=O) groups is 1. The monoisotopic (exact) mass is 391 g/mol. The Kier molecular flexibility index (Phi) is 6.68. The van der Waals surface area contributed by atoms with Crippen molar-refractivity contribution in [2.75, 3.05) is 39.8 Å². The van der Waals surface area contributed by atoms with Crippen LogP contribution in [0, 0.1) is 0 Å². The van der Waals surface area contributed by atoms with E-state index in [1.807, 2.05) is 7.05 Å². The van der Waals surface area contributed by atoms with Crippen LogP contribution in [0.1, 0.15) is 42.5 Å². The highest BCUT2D eigenvalue weighted by molar-refractivity contribution is 7.89. The number of sulfonamides is 1. The maximum absolute atomic E-state index is 12.7. The lowest BCUT2D eigenvalue weighted by atomic mass is 9.97. The lowest BCUT2D eigenvalue weighted by molar-refractivity contribution is 0.0664. The van der Waals surface area contributed by atoms with E-state index in [1.165, 1.54) is 24.5 Å². The van der Waals surface area contributed by atoms with Gasteiger partial charge in [-0.15, -0.1) is 0 Å². The van der Waals surface area contributed by atoms with Crippen LogP contribution in [0.15, 0.2) is 40.8 Å². The van der Waals surface area contributed by atoms with Crippen LogP contribution < -0.4 is 4.72 Å². The fraction of sp³-hybridized carbons (Fsp3) is 0.550. The Morgan fingerprint density at radius 3 is 2.63 bits per heavy atom. The molecule has 1 fully saturated rings. The van der Waals surface area contributed by atoms with Crippen LogP contribution in [-0.4, -0.2) is 63.9 Å². The molecule has 0 radical (unpaired) electrons. The summed E-state index contributed by atoms with van der Waals surface area (Å²) in [6, 6.07) is 6.36. The predicted octanol–water partition coefficient (Wildman–Crippen LogP) is 2.24. The van der Waals surface area contributed by atoms with E-state index < -0.39 is 10.0 Å². The predicted molar refractivity (Wildman–Crippen MR) is 106 cm³/mol. The summed E-state index contributed by atoms with van der Waals surface area (Å²) in [6.45, 7) is 3.40. The van der Waals surface area contributed by atoms with Gasteiger partial charge < -0.3 is 9.80 Å². The zero-order valence-corrected chi connectivity index (χ0v) is 16.8. The average molecular weight is 392 g/mol. The third kappa shape index (κ3) is 5.40. The highest BCUT2D eigenvalue weighted by atomic mass is 32.2. The molecule has 0 aromatic heterocycles. The molecule has 2 aliphatic rings. The lowest BCUT2D eigenvalue weighted by Crippen LogP contribution is -2.47. The average Bonchev–Trinajstić information content (AvgIpc) is 2.69. The van der Waals surface area contributed by atoms with Gasteiger partial charge in [-0.05, 0) is 57.4 Å². The molecule has 27 heavy (non-hydrogen) atoms. The number of benzene rings is 1. The zero-order chi connectivity index (χ0) is 19.3. The molecule has 1 aromatic carbocycles. The number of piperazine rings is 1. The lowest BCUT2D eigenvalue weighted by Gasteiger charge is -2.32. The van der Waals surface area contributed by atoms with Gasteiger partial charge in [-0.3, -0.25) is 4.79 Å². The minimum atomic E-state index is -3.61. The number of likely N-dealkylation sites (N-methyl/N-ethyl adjacent to an activating group) is 1. The molecular weight excluding hydrogens is 362 g/mol. The van der Waals surface area contributed by atoms with Crippen molar-refractivity contribution in [1.82, 2.24) is 14.5 Å². The van der Waals surface area contributed by atoms with Gasteiger partial charge in [0.1, 0.15) is 0 Å². The summed E-state index contributed by atoms with van der Waals surface area (Å²) in [4.78, 5) is 16.8. The van der Waals surface area contributed by atoms with Crippen molar-refractivity contribution in [2.24, 2.45) is 0 Å². The SMILES string of the molecule is CN1CCN(C(=O)c2cccc(S(=O)(=O)NCCC3=CCCCC3)c2)CC1. The quantitative estimate of drug-likeness (QED) is 0.755. The number of allylic oxidation sites excluding steroid dienone is 1. The molecule has 0 spiro atoms. The smallest absolute Gasteiger partial charge is 0.253 e. The van der Waals surface area contributed by atoms with Gasteiger partial charge >= 0.3 is 0 Å². The Morgan fingerprint density at radius 1 is 1.15 bits per heavy atom. The molecule has 7 heteroatoms. The standard InChI is InChI=1S/C20H29N3O3S/c1-22-12-14-23(15-13-22)20(24)18-8-5-9-19(16-18)27(25,26)21-11-10-17-6-3-2-4-7-17/h5-6,8-9,16,21H,2-4,7,10-15H2,1H3. The van der Waals surface area contributed by atoms with Crippen LogP contribution >= 0.6 is 0 Å². The maximum Gasteiger partial charge on any atom is 0.253 e. The first-order chi connectivity index (χ1) is 13.0. The second kappa shape index (κ2) is 8.99. The summed E-state index contributed by atoms with van der Waals surface area (Å²) < 4.78 is 27.9. The second-order valence-corrected chi connectivity index (χ2v) is 9.15. The number of nitrogens with zero attached hydrogens (tertiary/aromatic N) is 2. The molecule has 1 N–H and O–H groups in total. The van der Waals surface area contributed by atoms with Crippen LogP contribution in [0.5, 0.6) is 0 Å². The molecule has 1 amide bonds. The van der Waals surface area contributed by atoms with E-state index in [2.05, 4.69) is 15.7 Å². The van der Waals surface area contributed by atoms with Crippen LogP contribution in [-0.2, 0) is 10.0 Å². The molecule has 6 nitrogen and oxygen atoms in total. The Bertz CT molecular complexity index is 796. The Labute approximate surface area is 162 Å². The van der Waals surface area contributed by atoms with Gasteiger partial charge in [0.15, 0.2) is 0 Å². The number of amides is 1. The first-order valence-corrected chi connectivity index (χ1v) is 11.2. The third-order valence-electron chi connectivity index (χ3n) is 5.31. The van der Waals surface area contributed by atoms with Gasteiger partial charge in [0.05, 0.1) is 4.90 Å². The van der Waals surface area contributed by atoms with E-state index in [0.29, 0.717) is 25.2 Å². The van der Waals surface area contributed by atoms with Crippen molar-refractivity contribution < 1.29 is 13.2 Å². The molecule has 1 aliphatic carbocycles. The number of rotatable bonds is 6. The summed E-state index contributed by atoms with van der Waals surface area (Å²) in [5.41, 5.74) is 1.76. The van der Waals surface area contributed by atoms with E-state index in [1.54, 1.807) is 23.1 Å². The van der Waals surface area contributed by atoms with Gasteiger partial charge in [0.2, 0.25) is 10.0 Å². The topological polar surface area (TPSA) is 69.7 Å². The Morgan fingerprint density at radius 2 is 1.93 bits per heavy atom. The fourth-order valence-electron chi connectivity index (χ4n) is 3.55. The van der Waals surface area contributed by atoms with Crippen molar-refractivity contribution in [2.45, 2.75) is 37.0 Å². The molecule has 0 unspecified atom stereocenters. The summed E-state index contributed by atoms with van der Waals surface area (Å²) >= 11 is 0. The van der Waals surface area contributed by atoms with Gasteiger partial charge in [-0.2, -0.15) is 0 Å². The minimum Gasteiger partial charge on any atom is -0.336 e. The minimum absolute atomic E-state index is 0.104. The number of hydrogen-bond donors (Lipinski definition) is 1. The highest BCUT2D eigenvalue weighted by Crippen LogP contribution is 2.20. The first-order valence-electron chi connectivity index (χ1n) is 9.71. The number of nitrogens with one attached hydrogen (secondary N) is 1. The largest absolute Gasteiger partial charge is 0.336 e. The molecule has 1 saturated heterocycles. The molecule has 0 saturated carbocycles. The van der Waals surface area contributed by atoms with Crippen molar-refractivity contribution >= 4 is 15.9 Å². The molecule has 0 bridgehead atoms. The van der Waals surface area contributed by atoms with E-state index in [4.69, 9.17) is 0 Å². The molecule has 148 valence electrons. The molecule has 3 rings (SSSR count). The maximum atomic E-state index is 12.7. The summed E-state index contributed by atoms with van der Waals surface area (Å²) in [7, 11) is -1.58. The second-order valence-electron chi connectivity index (χ2n) is 7.38. The third-order valence-corrected chi connectivity index (χ3v) is 6.76.